The zero-order valence-electron chi connectivity index (χ0n) is 17.4. The Morgan fingerprint density at radius 3 is 2.41 bits per heavy atom. The second kappa shape index (κ2) is 13.5. The fourth-order valence-corrected chi connectivity index (χ4v) is 3.71. The molecule has 0 radical (unpaired) electrons. The van der Waals surface area contributed by atoms with Gasteiger partial charge in [0.15, 0.2) is 5.96 Å². The predicted molar refractivity (Wildman–Crippen MR) is 123 cm³/mol. The lowest BCUT2D eigenvalue weighted by Gasteiger charge is -2.34. The van der Waals surface area contributed by atoms with Crippen LogP contribution >= 0.6 is 24.0 Å². The van der Waals surface area contributed by atoms with Crippen molar-refractivity contribution in [2.45, 2.75) is 45.6 Å². The van der Waals surface area contributed by atoms with E-state index in [1.54, 1.807) is 0 Å². The molecule has 0 aromatic heterocycles. The van der Waals surface area contributed by atoms with Gasteiger partial charge in [-0.15, -0.1) is 24.0 Å². The number of hydrogen-bond donors (Lipinski definition) is 2. The molecule has 2 rings (SSSR count). The van der Waals surface area contributed by atoms with Crippen molar-refractivity contribution in [3.8, 4) is 0 Å². The molecule has 27 heavy (non-hydrogen) atoms. The maximum Gasteiger partial charge on any atom is 0.222 e. The number of unbranched alkanes of at least 4 members (excludes halogenated alkanes) is 1. The van der Waals surface area contributed by atoms with Crippen molar-refractivity contribution in [2.75, 3.05) is 66.0 Å². The topological polar surface area (TPSA) is 63.2 Å². The van der Waals surface area contributed by atoms with E-state index in [4.69, 9.17) is 0 Å². The summed E-state index contributed by atoms with van der Waals surface area (Å²) in [6.45, 7) is 14.0. The van der Waals surface area contributed by atoms with Crippen molar-refractivity contribution in [1.29, 1.82) is 0 Å². The van der Waals surface area contributed by atoms with Crippen LogP contribution in [0.25, 0.3) is 0 Å². The van der Waals surface area contributed by atoms with Crippen molar-refractivity contribution in [3.05, 3.63) is 0 Å². The van der Waals surface area contributed by atoms with Gasteiger partial charge in [-0.25, -0.2) is 0 Å². The molecule has 2 heterocycles. The first kappa shape index (κ1) is 24.4. The van der Waals surface area contributed by atoms with E-state index in [2.05, 4.69) is 32.3 Å². The van der Waals surface area contributed by atoms with Crippen LogP contribution in [0.2, 0.25) is 0 Å². The number of halogens is 1. The highest BCUT2D eigenvalue weighted by atomic mass is 127. The molecule has 1 atom stereocenters. The zero-order valence-corrected chi connectivity index (χ0v) is 19.7. The first-order valence-corrected chi connectivity index (χ1v) is 10.4. The third-order valence-corrected chi connectivity index (χ3v) is 5.51. The van der Waals surface area contributed by atoms with Crippen LogP contribution in [0, 0.1) is 0 Å². The van der Waals surface area contributed by atoms with Crippen molar-refractivity contribution in [2.24, 2.45) is 4.99 Å². The number of carbonyl (C=O) groups is 1. The van der Waals surface area contributed by atoms with E-state index in [0.29, 0.717) is 12.5 Å². The number of likely N-dealkylation sites (tertiary alicyclic amines) is 1. The third-order valence-electron chi connectivity index (χ3n) is 5.51. The van der Waals surface area contributed by atoms with E-state index in [1.165, 1.54) is 45.7 Å². The number of amides is 1. The Bertz CT molecular complexity index is 453. The Balaban J connectivity index is 0.00000364. The molecular formula is C19H39IN6O. The van der Waals surface area contributed by atoms with E-state index >= 15 is 0 Å². The summed E-state index contributed by atoms with van der Waals surface area (Å²) >= 11 is 0. The molecule has 1 unspecified atom stereocenters. The molecule has 2 N–H and O–H groups in total. The largest absolute Gasteiger partial charge is 0.356 e. The minimum atomic E-state index is 0. The Morgan fingerprint density at radius 1 is 1.07 bits per heavy atom. The Kier molecular flexibility index (Phi) is 12.3. The predicted octanol–water partition coefficient (Wildman–Crippen LogP) is 1.20. The molecule has 0 aromatic rings. The maximum absolute atomic E-state index is 11.8. The molecule has 0 spiro atoms. The molecule has 158 valence electrons. The summed E-state index contributed by atoms with van der Waals surface area (Å²) in [4.78, 5) is 23.1. The van der Waals surface area contributed by atoms with Gasteiger partial charge in [0, 0.05) is 65.3 Å². The monoisotopic (exact) mass is 494 g/mol. The van der Waals surface area contributed by atoms with Crippen LogP contribution in [0.5, 0.6) is 0 Å². The standard InChI is InChI=1S/C19H38N6O.HI/c1-4-18(26)25-11-8-17(16-25)22-19(20-3)21-9-6-7-10-24-14-12-23(5-2)13-15-24;/h17H,4-16H2,1-3H3,(H2,20,21,22);1H. The summed E-state index contributed by atoms with van der Waals surface area (Å²) in [5.41, 5.74) is 0. The van der Waals surface area contributed by atoms with Crippen LogP contribution in [0.4, 0.5) is 0 Å². The van der Waals surface area contributed by atoms with Crippen LogP contribution in [-0.2, 0) is 4.79 Å². The van der Waals surface area contributed by atoms with Crippen LogP contribution in [0.15, 0.2) is 4.99 Å². The molecule has 8 heteroatoms. The average molecular weight is 494 g/mol. The molecule has 0 saturated carbocycles. The van der Waals surface area contributed by atoms with Crippen molar-refractivity contribution < 1.29 is 4.79 Å². The van der Waals surface area contributed by atoms with Gasteiger partial charge in [0.2, 0.25) is 5.91 Å². The second-order valence-corrected chi connectivity index (χ2v) is 7.31. The molecule has 0 aromatic carbocycles. The number of guanidine groups is 1. The quantitative estimate of drug-likeness (QED) is 0.230. The summed E-state index contributed by atoms with van der Waals surface area (Å²) in [7, 11) is 1.81. The van der Waals surface area contributed by atoms with Gasteiger partial charge in [-0.1, -0.05) is 13.8 Å². The molecule has 1 amide bonds. The molecular weight excluding hydrogens is 455 g/mol. The smallest absolute Gasteiger partial charge is 0.222 e. The van der Waals surface area contributed by atoms with E-state index in [0.717, 1.165) is 38.4 Å². The van der Waals surface area contributed by atoms with E-state index in [-0.39, 0.29) is 29.9 Å². The Hall–Kier alpha value is -0.610. The van der Waals surface area contributed by atoms with Gasteiger partial charge >= 0.3 is 0 Å². The van der Waals surface area contributed by atoms with Gasteiger partial charge in [-0.05, 0) is 32.4 Å². The van der Waals surface area contributed by atoms with E-state index < -0.39 is 0 Å². The summed E-state index contributed by atoms with van der Waals surface area (Å²) in [5, 5.41) is 6.87. The van der Waals surface area contributed by atoms with Crippen LogP contribution in [0.3, 0.4) is 0 Å². The molecule has 7 nitrogen and oxygen atoms in total. The number of rotatable bonds is 8. The fraction of sp³-hybridized carbons (Fsp3) is 0.895. The Labute approximate surface area is 182 Å². The fourth-order valence-electron chi connectivity index (χ4n) is 3.71. The van der Waals surface area contributed by atoms with Crippen molar-refractivity contribution in [3.63, 3.8) is 0 Å². The van der Waals surface area contributed by atoms with E-state index in [9.17, 15) is 4.79 Å². The molecule has 2 saturated heterocycles. The average Bonchev–Trinajstić information content (AvgIpc) is 3.15. The molecule has 2 aliphatic rings. The number of hydrogen-bond acceptors (Lipinski definition) is 4. The summed E-state index contributed by atoms with van der Waals surface area (Å²) in [6.07, 6.45) is 3.96. The molecule has 0 bridgehead atoms. The summed E-state index contributed by atoms with van der Waals surface area (Å²) in [5.74, 6) is 1.11. The van der Waals surface area contributed by atoms with Crippen molar-refractivity contribution >= 4 is 35.8 Å². The van der Waals surface area contributed by atoms with Gasteiger partial charge in [0.25, 0.3) is 0 Å². The van der Waals surface area contributed by atoms with Gasteiger partial charge in [0.1, 0.15) is 0 Å². The maximum atomic E-state index is 11.8. The first-order valence-electron chi connectivity index (χ1n) is 10.4. The second-order valence-electron chi connectivity index (χ2n) is 7.31. The summed E-state index contributed by atoms with van der Waals surface area (Å²) < 4.78 is 0. The van der Waals surface area contributed by atoms with Gasteiger partial charge < -0.3 is 25.3 Å². The zero-order chi connectivity index (χ0) is 18.8. The van der Waals surface area contributed by atoms with Crippen LogP contribution < -0.4 is 10.6 Å². The number of nitrogens with zero attached hydrogens (tertiary/aromatic N) is 4. The number of piperazine rings is 1. The normalized spacial score (nSPS) is 21.8. The van der Waals surface area contributed by atoms with Crippen LogP contribution in [0.1, 0.15) is 39.5 Å². The number of aliphatic imine (C=N–C) groups is 1. The minimum Gasteiger partial charge on any atom is -0.356 e. The van der Waals surface area contributed by atoms with Gasteiger partial charge in [-0.3, -0.25) is 9.79 Å². The van der Waals surface area contributed by atoms with Crippen molar-refractivity contribution in [1.82, 2.24) is 25.3 Å². The first-order chi connectivity index (χ1) is 12.7. The highest BCUT2D eigenvalue weighted by molar-refractivity contribution is 14.0. The van der Waals surface area contributed by atoms with Gasteiger partial charge in [-0.2, -0.15) is 0 Å². The Morgan fingerprint density at radius 2 is 1.78 bits per heavy atom. The number of nitrogens with one attached hydrogen (secondary N) is 2. The SMILES string of the molecule is CCC(=O)N1CCC(NC(=NC)NCCCCN2CCN(CC)CC2)C1.I. The minimum absolute atomic E-state index is 0. The third kappa shape index (κ3) is 8.51. The summed E-state index contributed by atoms with van der Waals surface area (Å²) in [6, 6.07) is 0.312. The number of carbonyl (C=O) groups excluding carboxylic acids is 1. The lowest BCUT2D eigenvalue weighted by Crippen LogP contribution is -2.46. The van der Waals surface area contributed by atoms with Gasteiger partial charge in [0.05, 0.1) is 0 Å². The number of likely N-dealkylation sites (N-methyl/N-ethyl adjacent to an activating group) is 1. The lowest BCUT2D eigenvalue weighted by atomic mass is 10.2. The lowest BCUT2D eigenvalue weighted by molar-refractivity contribution is -0.129. The van der Waals surface area contributed by atoms with E-state index in [1.807, 2.05) is 18.9 Å². The highest BCUT2D eigenvalue weighted by Gasteiger charge is 2.25. The van der Waals surface area contributed by atoms with Crippen LogP contribution in [-0.4, -0.2) is 98.6 Å². The molecule has 2 aliphatic heterocycles. The molecule has 0 aliphatic carbocycles. The highest BCUT2D eigenvalue weighted by Crippen LogP contribution is 2.10. The molecule has 2 fully saturated rings.